The van der Waals surface area contributed by atoms with Crippen molar-refractivity contribution in [1.29, 1.82) is 0 Å². The second-order valence-corrected chi connectivity index (χ2v) is 6.68. The molecule has 0 spiro atoms. The summed E-state index contributed by atoms with van der Waals surface area (Å²) in [5.74, 6) is 0.459. The van der Waals surface area contributed by atoms with Crippen LogP contribution >= 0.6 is 11.8 Å². The van der Waals surface area contributed by atoms with E-state index in [-0.39, 0.29) is 29.1 Å². The first kappa shape index (κ1) is 22.0. The van der Waals surface area contributed by atoms with Gasteiger partial charge >= 0.3 is 0 Å². The monoisotopic (exact) mass is 418 g/mol. The number of H-pyrrole nitrogens is 1. The molecule has 0 atom stereocenters. The summed E-state index contributed by atoms with van der Waals surface area (Å²) < 4.78 is 10.4. The maximum absolute atomic E-state index is 12.3. The van der Waals surface area contributed by atoms with E-state index in [1.54, 1.807) is 24.3 Å². The summed E-state index contributed by atoms with van der Waals surface area (Å²) >= 11 is 1.05. The van der Waals surface area contributed by atoms with Gasteiger partial charge in [0.05, 0.1) is 37.8 Å². The first-order valence-corrected chi connectivity index (χ1v) is 9.56. The molecule has 3 N–H and O–H groups in total. The van der Waals surface area contributed by atoms with Crippen molar-refractivity contribution in [3.63, 3.8) is 0 Å². The van der Waals surface area contributed by atoms with Crippen molar-refractivity contribution in [1.82, 2.24) is 15.3 Å². The van der Waals surface area contributed by atoms with Crippen LogP contribution in [-0.2, 0) is 16.0 Å². The second kappa shape index (κ2) is 10.9. The summed E-state index contributed by atoms with van der Waals surface area (Å²) in [4.78, 5) is 42.6. The number of nitrogens with one attached hydrogen (secondary N) is 3. The molecule has 0 fully saturated rings. The van der Waals surface area contributed by atoms with Gasteiger partial charge in [0.2, 0.25) is 11.8 Å². The molecular formula is C19H22N4O5S. The highest BCUT2D eigenvalue weighted by molar-refractivity contribution is 7.99. The molecular weight excluding hydrogens is 396 g/mol. The molecule has 0 unspecified atom stereocenters. The van der Waals surface area contributed by atoms with Gasteiger partial charge in [-0.25, -0.2) is 4.98 Å². The number of rotatable bonds is 10. The molecule has 2 amide bonds. The summed E-state index contributed by atoms with van der Waals surface area (Å²) in [6, 6.07) is 6.29. The standard InChI is InChI=1S/C19H22N4O5S/c1-4-7-20-16(24)8-12-9-17(25)23-19(21-12)29-11-18(26)22-14-10-13(27-2)5-6-15(14)28-3/h4-6,9-10H,1,7-8,11H2,2-3H3,(H,20,24)(H,22,26)(H,21,23,25). The number of thioether (sulfide) groups is 1. The summed E-state index contributed by atoms with van der Waals surface area (Å²) in [6.07, 6.45) is 1.51. The molecule has 0 saturated heterocycles. The second-order valence-electron chi connectivity index (χ2n) is 5.71. The van der Waals surface area contributed by atoms with E-state index in [0.29, 0.717) is 29.4 Å². The Morgan fingerprint density at radius 1 is 1.24 bits per heavy atom. The highest BCUT2D eigenvalue weighted by atomic mass is 32.2. The smallest absolute Gasteiger partial charge is 0.251 e. The predicted octanol–water partition coefficient (Wildman–Crippen LogP) is 1.36. The molecule has 9 nitrogen and oxygen atoms in total. The molecule has 2 aromatic rings. The number of aromatic amines is 1. The van der Waals surface area contributed by atoms with E-state index in [2.05, 4.69) is 27.2 Å². The summed E-state index contributed by atoms with van der Waals surface area (Å²) in [6.45, 7) is 3.85. The number of nitrogens with zero attached hydrogens (tertiary/aromatic N) is 1. The molecule has 1 aromatic heterocycles. The predicted molar refractivity (Wildman–Crippen MR) is 111 cm³/mol. The minimum atomic E-state index is -0.399. The van der Waals surface area contributed by atoms with Gasteiger partial charge < -0.3 is 25.1 Å². The fraction of sp³-hybridized carbons (Fsp3) is 0.263. The number of anilines is 1. The Bertz CT molecular complexity index is 944. The molecule has 0 radical (unpaired) electrons. The molecule has 10 heteroatoms. The Morgan fingerprint density at radius 3 is 2.72 bits per heavy atom. The van der Waals surface area contributed by atoms with E-state index < -0.39 is 5.56 Å². The van der Waals surface area contributed by atoms with Crippen LogP contribution < -0.4 is 25.7 Å². The fourth-order valence-corrected chi connectivity index (χ4v) is 2.98. The molecule has 0 bridgehead atoms. The average Bonchev–Trinajstić information content (AvgIpc) is 2.70. The Balaban J connectivity index is 2.00. The fourth-order valence-electron chi connectivity index (χ4n) is 2.29. The van der Waals surface area contributed by atoms with Crippen molar-refractivity contribution in [3.05, 3.63) is 53.0 Å². The first-order chi connectivity index (χ1) is 13.9. The van der Waals surface area contributed by atoms with Crippen LogP contribution in [0.25, 0.3) is 0 Å². The van der Waals surface area contributed by atoms with E-state index in [4.69, 9.17) is 9.47 Å². The Hall–Kier alpha value is -3.27. The summed E-state index contributed by atoms with van der Waals surface area (Å²) in [7, 11) is 3.02. The third kappa shape index (κ3) is 7.00. The number of carbonyl (C=O) groups excluding carboxylic acids is 2. The zero-order valence-corrected chi connectivity index (χ0v) is 16.9. The van der Waals surface area contributed by atoms with Crippen LogP contribution in [0, 0.1) is 0 Å². The Morgan fingerprint density at radius 2 is 2.03 bits per heavy atom. The van der Waals surface area contributed by atoms with E-state index >= 15 is 0 Å². The van der Waals surface area contributed by atoms with Crippen molar-refractivity contribution in [2.75, 3.05) is 31.8 Å². The highest BCUT2D eigenvalue weighted by Crippen LogP contribution is 2.29. The molecule has 1 heterocycles. The molecule has 2 rings (SSSR count). The number of ether oxygens (including phenoxy) is 2. The molecule has 0 aliphatic heterocycles. The quantitative estimate of drug-likeness (QED) is 0.302. The number of benzene rings is 1. The van der Waals surface area contributed by atoms with Crippen molar-refractivity contribution in [2.24, 2.45) is 0 Å². The van der Waals surface area contributed by atoms with Gasteiger partial charge in [-0.15, -0.1) is 6.58 Å². The van der Waals surface area contributed by atoms with Crippen LogP contribution in [0.3, 0.4) is 0 Å². The molecule has 0 aliphatic carbocycles. The van der Waals surface area contributed by atoms with Gasteiger partial charge in [-0.2, -0.15) is 0 Å². The maximum atomic E-state index is 12.3. The molecule has 0 saturated carbocycles. The third-order valence-corrected chi connectivity index (χ3v) is 4.45. The number of hydrogen-bond acceptors (Lipinski definition) is 7. The number of hydrogen-bond donors (Lipinski definition) is 3. The van der Waals surface area contributed by atoms with Crippen LogP contribution in [0.5, 0.6) is 11.5 Å². The lowest BCUT2D eigenvalue weighted by molar-refractivity contribution is -0.120. The van der Waals surface area contributed by atoms with Crippen LogP contribution in [0.15, 0.2) is 46.9 Å². The topological polar surface area (TPSA) is 122 Å². The third-order valence-electron chi connectivity index (χ3n) is 3.58. The van der Waals surface area contributed by atoms with Crippen molar-refractivity contribution in [2.45, 2.75) is 11.6 Å². The minimum Gasteiger partial charge on any atom is -0.497 e. The Labute approximate surface area is 171 Å². The van der Waals surface area contributed by atoms with Crippen molar-refractivity contribution in [3.8, 4) is 11.5 Å². The van der Waals surface area contributed by atoms with E-state index in [0.717, 1.165) is 11.8 Å². The van der Waals surface area contributed by atoms with Gasteiger partial charge in [0.15, 0.2) is 5.16 Å². The van der Waals surface area contributed by atoms with Gasteiger partial charge in [-0.3, -0.25) is 14.4 Å². The summed E-state index contributed by atoms with van der Waals surface area (Å²) in [5.41, 5.74) is 0.378. The van der Waals surface area contributed by atoms with Crippen LogP contribution in [0.1, 0.15) is 5.69 Å². The molecule has 154 valence electrons. The van der Waals surface area contributed by atoms with Crippen LogP contribution in [0.4, 0.5) is 5.69 Å². The largest absolute Gasteiger partial charge is 0.497 e. The number of aromatic nitrogens is 2. The molecule has 1 aromatic carbocycles. The molecule has 29 heavy (non-hydrogen) atoms. The van der Waals surface area contributed by atoms with E-state index in [9.17, 15) is 14.4 Å². The molecule has 0 aliphatic rings. The lowest BCUT2D eigenvalue weighted by atomic mass is 10.2. The Kier molecular flexibility index (Phi) is 8.28. The van der Waals surface area contributed by atoms with Gasteiger partial charge in [0.1, 0.15) is 11.5 Å². The lowest BCUT2D eigenvalue weighted by Gasteiger charge is -2.11. The zero-order chi connectivity index (χ0) is 21.2. The van der Waals surface area contributed by atoms with Gasteiger partial charge in [-0.05, 0) is 12.1 Å². The maximum Gasteiger partial charge on any atom is 0.251 e. The average molecular weight is 418 g/mol. The number of methoxy groups -OCH3 is 2. The lowest BCUT2D eigenvalue weighted by Crippen LogP contribution is -2.26. The summed E-state index contributed by atoms with van der Waals surface area (Å²) in [5, 5.41) is 5.60. The number of amides is 2. The minimum absolute atomic E-state index is 0.00455. The number of carbonyl (C=O) groups is 2. The van der Waals surface area contributed by atoms with Crippen LogP contribution in [0.2, 0.25) is 0 Å². The SMILES string of the molecule is C=CCNC(=O)Cc1cc(=O)[nH]c(SCC(=O)Nc2cc(OC)ccc2OC)n1. The van der Waals surface area contributed by atoms with E-state index in [1.165, 1.54) is 20.3 Å². The van der Waals surface area contributed by atoms with E-state index in [1.807, 2.05) is 0 Å². The van der Waals surface area contributed by atoms with Crippen molar-refractivity contribution >= 4 is 29.3 Å². The van der Waals surface area contributed by atoms with Crippen molar-refractivity contribution < 1.29 is 19.1 Å². The van der Waals surface area contributed by atoms with Crippen LogP contribution in [-0.4, -0.2) is 48.3 Å². The van der Waals surface area contributed by atoms with Gasteiger partial charge in [0, 0.05) is 18.7 Å². The van der Waals surface area contributed by atoms with Gasteiger partial charge in [0.25, 0.3) is 5.56 Å². The zero-order valence-electron chi connectivity index (χ0n) is 16.1. The van der Waals surface area contributed by atoms with Gasteiger partial charge in [-0.1, -0.05) is 17.8 Å². The normalized spacial score (nSPS) is 10.1. The first-order valence-electron chi connectivity index (χ1n) is 8.57. The highest BCUT2D eigenvalue weighted by Gasteiger charge is 2.12.